The molecule has 0 radical (unpaired) electrons. The minimum Gasteiger partial charge on any atom is -0.465 e. The van der Waals surface area contributed by atoms with Gasteiger partial charge >= 0.3 is 11.9 Å². The average molecular weight is 432 g/mol. The summed E-state index contributed by atoms with van der Waals surface area (Å²) in [6.07, 6.45) is 0.544. The number of carbonyl (C=O) groups is 3. The maximum Gasteiger partial charge on any atom is 0.337 e. The number of methoxy groups -OCH3 is 2. The summed E-state index contributed by atoms with van der Waals surface area (Å²) in [5, 5.41) is 0. The molecule has 2 aromatic rings. The van der Waals surface area contributed by atoms with E-state index in [-0.39, 0.29) is 27.6 Å². The van der Waals surface area contributed by atoms with E-state index in [2.05, 4.69) is 14.2 Å². The second-order valence-corrected chi connectivity index (χ2v) is 8.28. The van der Waals surface area contributed by atoms with Gasteiger partial charge in [0.25, 0.3) is 10.0 Å². The Morgan fingerprint density at radius 3 is 2.10 bits per heavy atom. The monoisotopic (exact) mass is 432 g/mol. The molecule has 0 unspecified atom stereocenters. The van der Waals surface area contributed by atoms with E-state index < -0.39 is 22.0 Å². The molecule has 0 aliphatic carbocycles. The molecule has 0 bridgehead atoms. The molecule has 0 spiro atoms. The number of fused-ring (bicyclic) bond motifs is 1. The van der Waals surface area contributed by atoms with Crippen LogP contribution in [0.5, 0.6) is 0 Å². The zero-order valence-corrected chi connectivity index (χ0v) is 17.4. The lowest BCUT2D eigenvalue weighted by Gasteiger charge is -2.15. The zero-order valence-electron chi connectivity index (χ0n) is 16.6. The van der Waals surface area contributed by atoms with Gasteiger partial charge in [0.05, 0.1) is 35.9 Å². The summed E-state index contributed by atoms with van der Waals surface area (Å²) in [6, 6.07) is 8.27. The maximum atomic E-state index is 12.9. The summed E-state index contributed by atoms with van der Waals surface area (Å²) in [5.74, 6) is -1.58. The van der Waals surface area contributed by atoms with E-state index in [1.165, 1.54) is 51.5 Å². The molecule has 0 fully saturated rings. The first kappa shape index (κ1) is 21.3. The first-order valence-corrected chi connectivity index (χ1v) is 10.4. The average Bonchev–Trinajstić information content (AvgIpc) is 3.15. The number of nitrogens with one attached hydrogen (secondary N) is 1. The Morgan fingerprint density at radius 1 is 0.967 bits per heavy atom. The Labute approximate surface area is 173 Å². The number of hydrogen-bond donors (Lipinski definition) is 1. The summed E-state index contributed by atoms with van der Waals surface area (Å²) in [4.78, 5) is 37.0. The number of ether oxygens (including phenoxy) is 2. The molecule has 0 aromatic heterocycles. The van der Waals surface area contributed by atoms with Gasteiger partial charge in [0.15, 0.2) is 0 Å². The molecule has 3 rings (SSSR count). The third-order valence-electron chi connectivity index (χ3n) is 4.66. The van der Waals surface area contributed by atoms with Gasteiger partial charge in [-0.05, 0) is 48.4 Å². The minimum absolute atomic E-state index is 0.00385. The van der Waals surface area contributed by atoms with Crippen LogP contribution in [0.15, 0.2) is 41.3 Å². The van der Waals surface area contributed by atoms with Crippen LogP contribution >= 0.6 is 0 Å². The Hall–Kier alpha value is -3.40. The molecule has 9 nitrogen and oxygen atoms in total. The Bertz CT molecular complexity index is 1110. The van der Waals surface area contributed by atoms with Crippen LogP contribution in [0.3, 0.4) is 0 Å². The molecule has 0 atom stereocenters. The van der Waals surface area contributed by atoms with Gasteiger partial charge in [0, 0.05) is 19.2 Å². The summed E-state index contributed by atoms with van der Waals surface area (Å²) >= 11 is 0. The number of hydrogen-bond acceptors (Lipinski definition) is 7. The molecule has 0 saturated heterocycles. The molecule has 1 aliphatic rings. The number of esters is 2. The molecule has 1 aliphatic heterocycles. The molecular weight excluding hydrogens is 412 g/mol. The highest BCUT2D eigenvalue weighted by molar-refractivity contribution is 7.92. The molecular formula is C20H20N2O7S. The highest BCUT2D eigenvalue weighted by Crippen LogP contribution is 2.31. The SMILES string of the molecule is COC(=O)c1cc(NS(=O)(=O)c2ccc3c(c2)CCN3C(C)=O)cc(C(=O)OC)c1. The van der Waals surface area contributed by atoms with E-state index in [4.69, 9.17) is 0 Å². The third-order valence-corrected chi connectivity index (χ3v) is 6.04. The van der Waals surface area contributed by atoms with Crippen molar-refractivity contribution in [1.82, 2.24) is 0 Å². The van der Waals surface area contributed by atoms with Crippen molar-refractivity contribution in [3.63, 3.8) is 0 Å². The standard InChI is InChI=1S/C20H20N2O7S/c1-12(23)22-7-6-13-11-17(4-5-18(13)22)30(26,27)21-16-9-14(19(24)28-2)8-15(10-16)20(25)29-3/h4-5,8-11,21H,6-7H2,1-3H3. The minimum atomic E-state index is -4.03. The molecule has 1 heterocycles. The number of rotatable bonds is 5. The van der Waals surface area contributed by atoms with Crippen LogP contribution < -0.4 is 9.62 Å². The first-order valence-electron chi connectivity index (χ1n) is 8.92. The van der Waals surface area contributed by atoms with Crippen molar-refractivity contribution in [1.29, 1.82) is 0 Å². The quantitative estimate of drug-likeness (QED) is 0.718. The molecule has 2 aromatic carbocycles. The van der Waals surface area contributed by atoms with Crippen molar-refractivity contribution in [3.05, 3.63) is 53.1 Å². The van der Waals surface area contributed by atoms with Gasteiger partial charge in [0.2, 0.25) is 5.91 Å². The van der Waals surface area contributed by atoms with Crippen LogP contribution in [0.25, 0.3) is 0 Å². The number of benzene rings is 2. The Balaban J connectivity index is 1.96. The molecule has 158 valence electrons. The van der Waals surface area contributed by atoms with Crippen molar-refractivity contribution < 1.29 is 32.3 Å². The largest absolute Gasteiger partial charge is 0.465 e. The van der Waals surface area contributed by atoms with Gasteiger partial charge in [0.1, 0.15) is 0 Å². The maximum absolute atomic E-state index is 12.9. The molecule has 1 amide bonds. The van der Waals surface area contributed by atoms with Gasteiger partial charge in [-0.1, -0.05) is 0 Å². The summed E-state index contributed by atoms with van der Waals surface area (Å²) < 4.78 is 37.5. The predicted molar refractivity (Wildman–Crippen MR) is 108 cm³/mol. The second kappa shape index (κ2) is 8.15. The lowest BCUT2D eigenvalue weighted by Crippen LogP contribution is -2.25. The normalized spacial score (nSPS) is 12.8. The highest BCUT2D eigenvalue weighted by Gasteiger charge is 2.25. The van der Waals surface area contributed by atoms with Crippen LogP contribution in [0.1, 0.15) is 33.2 Å². The van der Waals surface area contributed by atoms with E-state index in [0.717, 1.165) is 5.56 Å². The Kier molecular flexibility index (Phi) is 5.79. The van der Waals surface area contributed by atoms with Crippen molar-refractivity contribution in [2.75, 3.05) is 30.4 Å². The number of carbonyl (C=O) groups excluding carboxylic acids is 3. The topological polar surface area (TPSA) is 119 Å². The van der Waals surface area contributed by atoms with Crippen molar-refractivity contribution in [2.45, 2.75) is 18.2 Å². The van der Waals surface area contributed by atoms with Gasteiger partial charge in [-0.3, -0.25) is 9.52 Å². The lowest BCUT2D eigenvalue weighted by molar-refractivity contribution is -0.116. The predicted octanol–water partition coefficient (Wildman–Crippen LogP) is 1.97. The van der Waals surface area contributed by atoms with Crippen LogP contribution in [0, 0.1) is 0 Å². The fourth-order valence-electron chi connectivity index (χ4n) is 3.24. The van der Waals surface area contributed by atoms with Gasteiger partial charge in [-0.25, -0.2) is 18.0 Å². The highest BCUT2D eigenvalue weighted by atomic mass is 32.2. The summed E-state index contributed by atoms with van der Waals surface area (Å²) in [5.41, 5.74) is 1.41. The van der Waals surface area contributed by atoms with E-state index in [0.29, 0.717) is 18.7 Å². The fourth-order valence-corrected chi connectivity index (χ4v) is 4.33. The molecule has 1 N–H and O–H groups in total. The van der Waals surface area contributed by atoms with E-state index in [9.17, 15) is 22.8 Å². The van der Waals surface area contributed by atoms with E-state index in [1.54, 1.807) is 11.0 Å². The number of anilines is 2. The molecule has 0 saturated carbocycles. The lowest BCUT2D eigenvalue weighted by atomic mass is 10.1. The van der Waals surface area contributed by atoms with Crippen molar-refractivity contribution in [3.8, 4) is 0 Å². The Morgan fingerprint density at radius 2 is 1.57 bits per heavy atom. The van der Waals surface area contributed by atoms with Gasteiger partial charge < -0.3 is 14.4 Å². The zero-order chi connectivity index (χ0) is 22.1. The van der Waals surface area contributed by atoms with Crippen LogP contribution in [-0.2, 0) is 30.7 Å². The van der Waals surface area contributed by atoms with Gasteiger partial charge in [-0.2, -0.15) is 0 Å². The van der Waals surface area contributed by atoms with Crippen LogP contribution in [0.2, 0.25) is 0 Å². The molecule has 10 heteroatoms. The van der Waals surface area contributed by atoms with E-state index in [1.807, 2.05) is 0 Å². The van der Waals surface area contributed by atoms with Crippen molar-refractivity contribution >= 4 is 39.2 Å². The first-order chi connectivity index (χ1) is 14.2. The van der Waals surface area contributed by atoms with Crippen molar-refractivity contribution in [2.24, 2.45) is 0 Å². The van der Waals surface area contributed by atoms with Gasteiger partial charge in [-0.15, -0.1) is 0 Å². The fraction of sp³-hybridized carbons (Fsp3) is 0.250. The summed E-state index contributed by atoms with van der Waals surface area (Å²) in [7, 11) is -1.68. The number of amides is 1. The number of nitrogens with zero attached hydrogens (tertiary/aromatic N) is 1. The van der Waals surface area contributed by atoms with Crippen LogP contribution in [0.4, 0.5) is 11.4 Å². The third kappa shape index (κ3) is 4.13. The smallest absolute Gasteiger partial charge is 0.337 e. The second-order valence-electron chi connectivity index (χ2n) is 6.60. The number of sulfonamides is 1. The van der Waals surface area contributed by atoms with Crippen LogP contribution in [-0.4, -0.2) is 47.0 Å². The van der Waals surface area contributed by atoms with E-state index >= 15 is 0 Å². The summed E-state index contributed by atoms with van der Waals surface area (Å²) in [6.45, 7) is 1.94. The molecule has 30 heavy (non-hydrogen) atoms.